The topological polar surface area (TPSA) is 88.2 Å². The first-order valence-corrected chi connectivity index (χ1v) is 10.5. The highest BCUT2D eigenvalue weighted by Gasteiger charge is 2.36. The molecule has 0 bridgehead atoms. The molecule has 1 aliphatic rings. The van der Waals surface area contributed by atoms with Crippen LogP contribution in [0.3, 0.4) is 0 Å². The van der Waals surface area contributed by atoms with Crippen molar-refractivity contribution < 1.29 is 23.9 Å². The van der Waals surface area contributed by atoms with E-state index in [1.165, 1.54) is 12.0 Å². The SMILES string of the molecule is COc1ccc(OC)c(N2CC(C(=O)Nc3ccc(SC(=O)N(C)C)cc3)CC2=O)c1. The fourth-order valence-corrected chi connectivity index (χ4v) is 3.82. The summed E-state index contributed by atoms with van der Waals surface area (Å²) in [5.41, 5.74) is 1.19. The molecular formula is C22H25N3O5S. The Morgan fingerprint density at radius 3 is 2.42 bits per heavy atom. The highest BCUT2D eigenvalue weighted by molar-refractivity contribution is 8.13. The van der Waals surface area contributed by atoms with Crippen molar-refractivity contribution in [2.75, 3.05) is 45.1 Å². The minimum atomic E-state index is -0.493. The van der Waals surface area contributed by atoms with Crippen LogP contribution in [-0.2, 0) is 9.59 Å². The van der Waals surface area contributed by atoms with Gasteiger partial charge in [-0.25, -0.2) is 0 Å². The van der Waals surface area contributed by atoms with E-state index in [2.05, 4.69) is 5.32 Å². The van der Waals surface area contributed by atoms with E-state index < -0.39 is 5.92 Å². The summed E-state index contributed by atoms with van der Waals surface area (Å²) in [4.78, 5) is 41.0. The number of benzene rings is 2. The molecule has 31 heavy (non-hydrogen) atoms. The Morgan fingerprint density at radius 1 is 1.10 bits per heavy atom. The van der Waals surface area contributed by atoms with E-state index in [0.29, 0.717) is 22.9 Å². The van der Waals surface area contributed by atoms with Gasteiger partial charge in [0.1, 0.15) is 11.5 Å². The van der Waals surface area contributed by atoms with Crippen molar-refractivity contribution >= 4 is 40.2 Å². The van der Waals surface area contributed by atoms with Gasteiger partial charge in [-0.2, -0.15) is 0 Å². The molecule has 2 aromatic rings. The molecule has 3 amide bonds. The van der Waals surface area contributed by atoms with Gasteiger partial charge in [0.05, 0.1) is 25.8 Å². The monoisotopic (exact) mass is 443 g/mol. The fraction of sp³-hybridized carbons (Fsp3) is 0.318. The number of amides is 3. The number of methoxy groups -OCH3 is 2. The summed E-state index contributed by atoms with van der Waals surface area (Å²) < 4.78 is 10.6. The van der Waals surface area contributed by atoms with Crippen molar-refractivity contribution in [3.05, 3.63) is 42.5 Å². The number of ether oxygens (including phenoxy) is 2. The third kappa shape index (κ3) is 5.29. The van der Waals surface area contributed by atoms with Crippen LogP contribution < -0.4 is 19.7 Å². The van der Waals surface area contributed by atoms with Crippen LogP contribution in [-0.4, -0.2) is 56.8 Å². The molecule has 0 radical (unpaired) electrons. The molecule has 1 heterocycles. The van der Waals surface area contributed by atoms with Gasteiger partial charge >= 0.3 is 0 Å². The van der Waals surface area contributed by atoms with E-state index in [-0.39, 0.29) is 30.0 Å². The van der Waals surface area contributed by atoms with E-state index in [4.69, 9.17) is 9.47 Å². The minimum Gasteiger partial charge on any atom is -0.497 e. The molecule has 9 heteroatoms. The molecule has 8 nitrogen and oxygen atoms in total. The average molecular weight is 444 g/mol. The Balaban J connectivity index is 1.66. The van der Waals surface area contributed by atoms with E-state index in [1.54, 1.807) is 68.6 Å². The van der Waals surface area contributed by atoms with Gasteiger partial charge in [-0.15, -0.1) is 0 Å². The van der Waals surface area contributed by atoms with Gasteiger partial charge < -0.3 is 24.6 Å². The Labute approximate surface area is 185 Å². The second-order valence-corrected chi connectivity index (χ2v) is 8.24. The average Bonchev–Trinajstić information content (AvgIpc) is 3.16. The quantitative estimate of drug-likeness (QED) is 0.688. The summed E-state index contributed by atoms with van der Waals surface area (Å²) in [5.74, 6) is 0.258. The molecule has 0 aliphatic carbocycles. The Morgan fingerprint density at radius 2 is 1.81 bits per heavy atom. The van der Waals surface area contributed by atoms with Crippen LogP contribution in [0.15, 0.2) is 47.4 Å². The van der Waals surface area contributed by atoms with Crippen LogP contribution >= 0.6 is 11.8 Å². The number of carbonyl (C=O) groups excluding carboxylic acids is 3. The molecule has 3 rings (SSSR count). The summed E-state index contributed by atoms with van der Waals surface area (Å²) in [5, 5.41) is 2.78. The largest absolute Gasteiger partial charge is 0.497 e. The van der Waals surface area contributed by atoms with E-state index in [0.717, 1.165) is 16.7 Å². The first-order valence-electron chi connectivity index (χ1n) is 9.64. The molecule has 1 unspecified atom stereocenters. The maximum Gasteiger partial charge on any atom is 0.285 e. The van der Waals surface area contributed by atoms with Gasteiger partial charge in [0.2, 0.25) is 11.8 Å². The van der Waals surface area contributed by atoms with Gasteiger partial charge in [0.15, 0.2) is 0 Å². The van der Waals surface area contributed by atoms with E-state index in [9.17, 15) is 14.4 Å². The zero-order valence-corrected chi connectivity index (χ0v) is 18.7. The number of carbonyl (C=O) groups is 3. The van der Waals surface area contributed by atoms with Gasteiger partial charge in [-0.05, 0) is 48.2 Å². The number of hydrogen-bond acceptors (Lipinski definition) is 6. The van der Waals surface area contributed by atoms with Crippen LogP contribution in [0.2, 0.25) is 0 Å². The van der Waals surface area contributed by atoms with Crippen molar-refractivity contribution in [3.63, 3.8) is 0 Å². The lowest BCUT2D eigenvalue weighted by Crippen LogP contribution is -2.28. The predicted molar refractivity (Wildman–Crippen MR) is 120 cm³/mol. The summed E-state index contributed by atoms with van der Waals surface area (Å²) in [6, 6.07) is 12.2. The summed E-state index contributed by atoms with van der Waals surface area (Å²) in [7, 11) is 6.46. The molecule has 1 fully saturated rings. The molecule has 1 atom stereocenters. The maximum atomic E-state index is 12.8. The van der Waals surface area contributed by atoms with E-state index >= 15 is 0 Å². The van der Waals surface area contributed by atoms with Gasteiger partial charge in [-0.3, -0.25) is 14.4 Å². The molecular weight excluding hydrogens is 418 g/mol. The summed E-state index contributed by atoms with van der Waals surface area (Å²) in [6.07, 6.45) is 0.109. The molecule has 1 aliphatic heterocycles. The number of nitrogens with one attached hydrogen (secondary N) is 1. The highest BCUT2D eigenvalue weighted by atomic mass is 32.2. The number of rotatable bonds is 6. The number of hydrogen-bond donors (Lipinski definition) is 1. The Kier molecular flexibility index (Phi) is 7.06. The van der Waals surface area contributed by atoms with Crippen LogP contribution in [0, 0.1) is 5.92 Å². The van der Waals surface area contributed by atoms with Gasteiger partial charge in [0.25, 0.3) is 5.24 Å². The molecule has 1 N–H and O–H groups in total. The maximum absolute atomic E-state index is 12.8. The molecule has 0 saturated carbocycles. The zero-order valence-electron chi connectivity index (χ0n) is 17.9. The first-order chi connectivity index (χ1) is 14.8. The molecule has 0 spiro atoms. The van der Waals surface area contributed by atoms with Crippen molar-refractivity contribution in [3.8, 4) is 11.5 Å². The van der Waals surface area contributed by atoms with Crippen molar-refractivity contribution in [1.29, 1.82) is 0 Å². The lowest BCUT2D eigenvalue weighted by molar-refractivity contribution is -0.122. The van der Waals surface area contributed by atoms with Crippen molar-refractivity contribution in [2.45, 2.75) is 11.3 Å². The number of thioether (sulfide) groups is 1. The highest BCUT2D eigenvalue weighted by Crippen LogP contribution is 2.36. The third-order valence-corrected chi connectivity index (χ3v) is 5.91. The lowest BCUT2D eigenvalue weighted by Gasteiger charge is -2.20. The van der Waals surface area contributed by atoms with Crippen molar-refractivity contribution in [1.82, 2.24) is 4.90 Å². The van der Waals surface area contributed by atoms with Gasteiger partial charge in [0, 0.05) is 43.7 Å². The van der Waals surface area contributed by atoms with Crippen LogP contribution in [0.1, 0.15) is 6.42 Å². The standard InChI is InChI=1S/C22H25N3O5S/c1-24(2)22(28)31-17-8-5-15(6-9-17)23-21(27)14-11-20(26)25(13-14)18-12-16(29-3)7-10-19(18)30-4/h5-10,12,14H,11,13H2,1-4H3,(H,23,27). The zero-order chi connectivity index (χ0) is 22.5. The van der Waals surface area contributed by atoms with Gasteiger partial charge in [-0.1, -0.05) is 0 Å². The number of nitrogens with zero attached hydrogens (tertiary/aromatic N) is 2. The second-order valence-electron chi connectivity index (χ2n) is 7.22. The first kappa shape index (κ1) is 22.5. The third-order valence-electron chi connectivity index (χ3n) is 4.86. The predicted octanol–water partition coefficient (Wildman–Crippen LogP) is 3.47. The number of anilines is 2. The van der Waals surface area contributed by atoms with E-state index in [1.807, 2.05) is 0 Å². The molecule has 0 aromatic heterocycles. The molecule has 2 aromatic carbocycles. The Hall–Kier alpha value is -3.20. The van der Waals surface area contributed by atoms with Crippen LogP contribution in [0.25, 0.3) is 0 Å². The smallest absolute Gasteiger partial charge is 0.285 e. The fourth-order valence-electron chi connectivity index (χ4n) is 3.17. The molecule has 1 saturated heterocycles. The minimum absolute atomic E-state index is 0.0747. The van der Waals surface area contributed by atoms with Crippen LogP contribution in [0.4, 0.5) is 16.2 Å². The van der Waals surface area contributed by atoms with Crippen molar-refractivity contribution in [2.24, 2.45) is 5.92 Å². The summed E-state index contributed by atoms with van der Waals surface area (Å²) in [6.45, 7) is 0.249. The molecule has 164 valence electrons. The normalized spacial score (nSPS) is 15.5. The Bertz CT molecular complexity index is 978. The van der Waals surface area contributed by atoms with Crippen LogP contribution in [0.5, 0.6) is 11.5 Å². The second kappa shape index (κ2) is 9.74. The summed E-state index contributed by atoms with van der Waals surface area (Å²) >= 11 is 1.11. The lowest BCUT2D eigenvalue weighted by atomic mass is 10.1.